The lowest BCUT2D eigenvalue weighted by molar-refractivity contribution is 0.102. The van der Waals surface area contributed by atoms with Crippen molar-refractivity contribution < 1.29 is 9.90 Å². The third-order valence-corrected chi connectivity index (χ3v) is 3.71. The van der Waals surface area contributed by atoms with Gasteiger partial charge in [-0.3, -0.25) is 4.79 Å². The van der Waals surface area contributed by atoms with E-state index in [1.54, 1.807) is 12.1 Å². The van der Waals surface area contributed by atoms with E-state index in [-0.39, 0.29) is 17.2 Å². The first-order valence-electron chi connectivity index (χ1n) is 6.70. The third kappa shape index (κ3) is 4.18. The Morgan fingerprint density at radius 1 is 1.24 bits per heavy atom. The van der Waals surface area contributed by atoms with Crippen LogP contribution in [0.3, 0.4) is 0 Å². The monoisotopic (exact) mass is 396 g/mol. The van der Waals surface area contributed by atoms with Crippen molar-refractivity contribution in [3.63, 3.8) is 0 Å². The minimum atomic E-state index is -0.310. The Balaban J connectivity index is 2.21. The van der Waals surface area contributed by atoms with Crippen LogP contribution >= 0.6 is 22.6 Å². The fraction of sp³-hybridized carbons (Fsp3) is 0.188. The molecule has 0 atom stereocenters. The minimum absolute atomic E-state index is 0.0166. The molecule has 21 heavy (non-hydrogen) atoms. The fourth-order valence-corrected chi connectivity index (χ4v) is 2.43. The summed E-state index contributed by atoms with van der Waals surface area (Å²) in [7, 11) is 0. The summed E-state index contributed by atoms with van der Waals surface area (Å²) in [6.07, 6.45) is 0. The van der Waals surface area contributed by atoms with Crippen LogP contribution in [0.5, 0.6) is 5.75 Å². The molecule has 4 nitrogen and oxygen atoms in total. The molecule has 0 unspecified atom stereocenters. The number of rotatable bonds is 5. The molecule has 0 radical (unpaired) electrons. The van der Waals surface area contributed by atoms with Crippen LogP contribution in [0.2, 0.25) is 0 Å². The van der Waals surface area contributed by atoms with Crippen LogP contribution in [0, 0.1) is 3.57 Å². The average molecular weight is 396 g/mol. The molecule has 0 saturated carbocycles. The van der Waals surface area contributed by atoms with Gasteiger partial charge in [0.25, 0.3) is 5.91 Å². The number of hydrogen-bond donors (Lipinski definition) is 3. The molecule has 2 aromatic carbocycles. The second-order valence-corrected chi connectivity index (χ2v) is 5.80. The molecule has 0 spiro atoms. The number of hydrogen-bond acceptors (Lipinski definition) is 3. The number of aromatic hydroxyl groups is 1. The van der Waals surface area contributed by atoms with Gasteiger partial charge in [0.15, 0.2) is 0 Å². The maximum Gasteiger partial charge on any atom is 0.259 e. The van der Waals surface area contributed by atoms with E-state index in [1.807, 2.05) is 31.2 Å². The van der Waals surface area contributed by atoms with E-state index in [4.69, 9.17) is 0 Å². The van der Waals surface area contributed by atoms with Crippen LogP contribution in [0.25, 0.3) is 0 Å². The zero-order valence-corrected chi connectivity index (χ0v) is 13.8. The van der Waals surface area contributed by atoms with Gasteiger partial charge in [-0.05, 0) is 59.0 Å². The highest BCUT2D eigenvalue weighted by atomic mass is 127. The molecule has 0 saturated heterocycles. The van der Waals surface area contributed by atoms with Gasteiger partial charge in [-0.2, -0.15) is 0 Å². The second kappa shape index (κ2) is 7.42. The Kier molecular flexibility index (Phi) is 5.58. The van der Waals surface area contributed by atoms with Gasteiger partial charge in [0.1, 0.15) is 5.75 Å². The lowest BCUT2D eigenvalue weighted by Crippen LogP contribution is -2.17. The zero-order chi connectivity index (χ0) is 15.2. The number of nitrogens with one attached hydrogen (secondary N) is 2. The standard InChI is InChI=1S/C16H17IN2O2/c1-2-18-10-11-5-3-4-6-14(11)19-16(21)13-9-12(17)7-8-15(13)20/h3-9,18,20H,2,10H2,1H3,(H,19,21). The summed E-state index contributed by atoms with van der Waals surface area (Å²) in [5.41, 5.74) is 2.04. The van der Waals surface area contributed by atoms with Gasteiger partial charge in [-0.15, -0.1) is 0 Å². The maximum absolute atomic E-state index is 12.3. The third-order valence-electron chi connectivity index (χ3n) is 3.03. The summed E-state index contributed by atoms with van der Waals surface area (Å²) in [5.74, 6) is -0.327. The number of carbonyl (C=O) groups is 1. The quantitative estimate of drug-likeness (QED) is 0.680. The Hall–Kier alpha value is -1.60. The summed E-state index contributed by atoms with van der Waals surface area (Å²) in [5, 5.41) is 15.9. The minimum Gasteiger partial charge on any atom is -0.507 e. The fourth-order valence-electron chi connectivity index (χ4n) is 1.94. The number of amides is 1. The Morgan fingerprint density at radius 3 is 2.76 bits per heavy atom. The van der Waals surface area contributed by atoms with E-state index in [0.29, 0.717) is 6.54 Å². The van der Waals surface area contributed by atoms with Gasteiger partial charge in [-0.25, -0.2) is 0 Å². The van der Waals surface area contributed by atoms with Crippen molar-refractivity contribution in [2.75, 3.05) is 11.9 Å². The van der Waals surface area contributed by atoms with Crippen LogP contribution in [-0.2, 0) is 6.54 Å². The normalized spacial score (nSPS) is 10.4. The number of para-hydroxylation sites is 1. The average Bonchev–Trinajstić information content (AvgIpc) is 2.48. The number of carbonyl (C=O) groups excluding carboxylic acids is 1. The van der Waals surface area contributed by atoms with Crippen molar-refractivity contribution >= 4 is 34.2 Å². The van der Waals surface area contributed by atoms with Crippen LogP contribution in [0.4, 0.5) is 5.69 Å². The molecule has 0 aliphatic rings. The SMILES string of the molecule is CCNCc1ccccc1NC(=O)c1cc(I)ccc1O. The Labute approximate surface area is 137 Å². The predicted molar refractivity (Wildman–Crippen MR) is 92.6 cm³/mol. The summed E-state index contributed by atoms with van der Waals surface area (Å²) in [6.45, 7) is 3.58. The topological polar surface area (TPSA) is 61.4 Å². The van der Waals surface area contributed by atoms with Gasteiger partial charge in [-0.1, -0.05) is 25.1 Å². The van der Waals surface area contributed by atoms with E-state index >= 15 is 0 Å². The second-order valence-electron chi connectivity index (χ2n) is 4.55. The highest BCUT2D eigenvalue weighted by Crippen LogP contribution is 2.22. The van der Waals surface area contributed by atoms with Gasteiger partial charge in [0, 0.05) is 15.8 Å². The molecule has 2 rings (SSSR count). The van der Waals surface area contributed by atoms with Gasteiger partial charge >= 0.3 is 0 Å². The van der Waals surface area contributed by atoms with E-state index in [1.165, 1.54) is 6.07 Å². The van der Waals surface area contributed by atoms with Gasteiger partial charge < -0.3 is 15.7 Å². The molecule has 0 aliphatic carbocycles. The molecular formula is C16H17IN2O2. The number of phenols is 1. The maximum atomic E-state index is 12.3. The molecule has 2 aromatic rings. The Bertz CT molecular complexity index is 644. The van der Waals surface area contributed by atoms with Crippen molar-refractivity contribution in [1.82, 2.24) is 5.32 Å². The first kappa shape index (κ1) is 15.8. The van der Waals surface area contributed by atoms with Gasteiger partial charge in [0.05, 0.1) is 5.56 Å². The molecule has 110 valence electrons. The molecule has 3 N–H and O–H groups in total. The molecule has 5 heteroatoms. The molecule has 0 aromatic heterocycles. The van der Waals surface area contributed by atoms with E-state index < -0.39 is 0 Å². The first-order valence-corrected chi connectivity index (χ1v) is 7.78. The summed E-state index contributed by atoms with van der Waals surface area (Å²) in [6, 6.07) is 12.6. The molecule has 0 fully saturated rings. The molecule has 0 heterocycles. The molecule has 0 aliphatic heterocycles. The van der Waals surface area contributed by atoms with Crippen molar-refractivity contribution in [1.29, 1.82) is 0 Å². The zero-order valence-electron chi connectivity index (χ0n) is 11.7. The summed E-state index contributed by atoms with van der Waals surface area (Å²) in [4.78, 5) is 12.3. The Morgan fingerprint density at radius 2 is 2.00 bits per heavy atom. The smallest absolute Gasteiger partial charge is 0.259 e. The van der Waals surface area contributed by atoms with Crippen molar-refractivity contribution in [2.24, 2.45) is 0 Å². The molecule has 0 bridgehead atoms. The van der Waals surface area contributed by atoms with E-state index in [9.17, 15) is 9.90 Å². The summed E-state index contributed by atoms with van der Waals surface area (Å²) >= 11 is 2.11. The number of benzene rings is 2. The number of phenolic OH excluding ortho intramolecular Hbond substituents is 1. The first-order chi connectivity index (χ1) is 10.1. The lowest BCUT2D eigenvalue weighted by atomic mass is 10.1. The van der Waals surface area contributed by atoms with Crippen molar-refractivity contribution in [3.05, 3.63) is 57.2 Å². The highest BCUT2D eigenvalue weighted by Gasteiger charge is 2.13. The summed E-state index contributed by atoms with van der Waals surface area (Å²) < 4.78 is 0.900. The predicted octanol–water partition coefficient (Wildman–Crippen LogP) is 3.36. The van der Waals surface area contributed by atoms with Crippen LogP contribution in [0.15, 0.2) is 42.5 Å². The van der Waals surface area contributed by atoms with Gasteiger partial charge in [0.2, 0.25) is 0 Å². The number of halogens is 1. The van der Waals surface area contributed by atoms with Crippen LogP contribution in [-0.4, -0.2) is 17.6 Å². The highest BCUT2D eigenvalue weighted by molar-refractivity contribution is 14.1. The van der Waals surface area contributed by atoms with E-state index in [2.05, 4.69) is 33.2 Å². The lowest BCUT2D eigenvalue weighted by Gasteiger charge is -2.12. The van der Waals surface area contributed by atoms with Crippen molar-refractivity contribution in [3.8, 4) is 5.75 Å². The van der Waals surface area contributed by atoms with Crippen molar-refractivity contribution in [2.45, 2.75) is 13.5 Å². The van der Waals surface area contributed by atoms with Crippen LogP contribution < -0.4 is 10.6 Å². The molecular weight excluding hydrogens is 379 g/mol. The van der Waals surface area contributed by atoms with E-state index in [0.717, 1.165) is 21.4 Å². The van der Waals surface area contributed by atoms with Crippen LogP contribution in [0.1, 0.15) is 22.8 Å². The molecule has 1 amide bonds. The number of anilines is 1. The largest absolute Gasteiger partial charge is 0.507 e.